The molecule has 1 N–H and O–H groups in total. The second-order valence-corrected chi connectivity index (χ2v) is 7.03. The van der Waals surface area contributed by atoms with Crippen LogP contribution in [-0.2, 0) is 7.05 Å². The van der Waals surface area contributed by atoms with Gasteiger partial charge < -0.3 is 15.1 Å². The van der Waals surface area contributed by atoms with Gasteiger partial charge in [-0.15, -0.1) is 0 Å². The number of urea groups is 1. The summed E-state index contributed by atoms with van der Waals surface area (Å²) in [6.45, 7) is 7.29. The molecule has 3 rings (SSSR count). The Balaban J connectivity index is 1.67. The summed E-state index contributed by atoms with van der Waals surface area (Å²) in [6.07, 6.45) is 2.62. The highest BCUT2D eigenvalue weighted by atomic mass is 16.2. The monoisotopic (exact) mass is 358 g/mol. The Morgan fingerprint density at radius 3 is 2.69 bits per heavy atom. The van der Waals surface area contributed by atoms with E-state index in [2.05, 4.69) is 29.1 Å². The zero-order valence-corrected chi connectivity index (χ0v) is 15.6. The van der Waals surface area contributed by atoms with Gasteiger partial charge in [0, 0.05) is 46.0 Å². The van der Waals surface area contributed by atoms with Crippen LogP contribution in [0.4, 0.5) is 10.6 Å². The number of nitrogens with zero attached hydrogens (tertiary/aromatic N) is 5. The average molecular weight is 358 g/mol. The molecule has 0 saturated carbocycles. The van der Waals surface area contributed by atoms with Gasteiger partial charge in [0.15, 0.2) is 11.5 Å². The lowest BCUT2D eigenvalue weighted by Crippen LogP contribution is -2.53. The molecule has 0 unspecified atom stereocenters. The molecule has 3 heterocycles. The zero-order valence-electron chi connectivity index (χ0n) is 15.6. The number of rotatable bonds is 4. The molecule has 26 heavy (non-hydrogen) atoms. The molecule has 1 aliphatic heterocycles. The van der Waals surface area contributed by atoms with Crippen LogP contribution in [0.2, 0.25) is 0 Å². The molecule has 0 radical (unpaired) electrons. The third-order valence-electron chi connectivity index (χ3n) is 4.67. The molecule has 0 aliphatic carbocycles. The summed E-state index contributed by atoms with van der Waals surface area (Å²) in [5, 5.41) is 2.96. The summed E-state index contributed by atoms with van der Waals surface area (Å²) in [4.78, 5) is 37.3. The van der Waals surface area contributed by atoms with Crippen LogP contribution in [0.1, 0.15) is 20.3 Å². The molecule has 0 spiro atoms. The van der Waals surface area contributed by atoms with Crippen molar-refractivity contribution in [3.05, 3.63) is 28.7 Å². The van der Waals surface area contributed by atoms with Crippen LogP contribution in [0, 0.1) is 5.92 Å². The second-order valence-electron chi connectivity index (χ2n) is 7.03. The van der Waals surface area contributed by atoms with E-state index >= 15 is 0 Å². The van der Waals surface area contributed by atoms with Gasteiger partial charge in [-0.05, 0) is 24.5 Å². The molecule has 1 fully saturated rings. The minimum Gasteiger partial charge on any atom is -0.348 e. The minimum atomic E-state index is -0.161. The molecular weight excluding hydrogens is 332 g/mol. The maximum atomic E-state index is 12.6. The molecule has 2 aromatic rings. The fourth-order valence-corrected chi connectivity index (χ4v) is 3.05. The Morgan fingerprint density at radius 1 is 1.27 bits per heavy atom. The molecule has 2 aromatic heterocycles. The Kier molecular flexibility index (Phi) is 5.39. The molecule has 8 heteroatoms. The Labute approximate surface area is 152 Å². The third kappa shape index (κ3) is 3.79. The number of pyridine rings is 1. The van der Waals surface area contributed by atoms with Crippen LogP contribution in [0.25, 0.3) is 11.2 Å². The predicted molar refractivity (Wildman–Crippen MR) is 101 cm³/mol. The van der Waals surface area contributed by atoms with Crippen LogP contribution in [0.3, 0.4) is 0 Å². The van der Waals surface area contributed by atoms with Gasteiger partial charge in [-0.25, -0.2) is 14.8 Å². The van der Waals surface area contributed by atoms with E-state index in [1.165, 1.54) is 4.57 Å². The van der Waals surface area contributed by atoms with Crippen molar-refractivity contribution < 1.29 is 4.79 Å². The quantitative estimate of drug-likeness (QED) is 0.888. The van der Waals surface area contributed by atoms with E-state index in [0.29, 0.717) is 55.6 Å². The third-order valence-corrected chi connectivity index (χ3v) is 4.67. The average Bonchev–Trinajstić information content (AvgIpc) is 2.64. The SMILES string of the molecule is CC(C)CCNC(=O)N1CCN(c2nc3cccnc3n(C)c2=O)CC1. The van der Waals surface area contributed by atoms with Crippen LogP contribution in [0.5, 0.6) is 0 Å². The number of nitrogens with one attached hydrogen (secondary N) is 1. The highest BCUT2D eigenvalue weighted by Gasteiger charge is 2.24. The number of hydrogen-bond donors (Lipinski definition) is 1. The lowest BCUT2D eigenvalue weighted by molar-refractivity contribution is 0.193. The summed E-state index contributed by atoms with van der Waals surface area (Å²) >= 11 is 0. The van der Waals surface area contributed by atoms with Crippen molar-refractivity contribution in [1.29, 1.82) is 0 Å². The number of amides is 2. The van der Waals surface area contributed by atoms with E-state index in [0.717, 1.165) is 6.42 Å². The number of carbonyl (C=O) groups is 1. The molecule has 0 atom stereocenters. The molecule has 0 aromatic carbocycles. The van der Waals surface area contributed by atoms with Crippen LogP contribution in [0.15, 0.2) is 23.1 Å². The fraction of sp³-hybridized carbons (Fsp3) is 0.556. The summed E-state index contributed by atoms with van der Waals surface area (Å²) in [5.41, 5.74) is 1.11. The van der Waals surface area contributed by atoms with Crippen molar-refractivity contribution in [3.8, 4) is 0 Å². The number of anilines is 1. The van der Waals surface area contributed by atoms with Crippen LogP contribution < -0.4 is 15.8 Å². The normalized spacial score (nSPS) is 14.9. The van der Waals surface area contributed by atoms with E-state index in [1.807, 2.05) is 17.0 Å². The molecule has 140 valence electrons. The number of hydrogen-bond acceptors (Lipinski definition) is 5. The van der Waals surface area contributed by atoms with Gasteiger partial charge in [-0.2, -0.15) is 0 Å². The van der Waals surface area contributed by atoms with Gasteiger partial charge in [0.1, 0.15) is 5.52 Å². The second kappa shape index (κ2) is 7.72. The number of piperazine rings is 1. The lowest BCUT2D eigenvalue weighted by atomic mass is 10.1. The van der Waals surface area contributed by atoms with Gasteiger partial charge in [0.25, 0.3) is 5.56 Å². The Hall–Kier alpha value is -2.64. The molecular formula is C18H26N6O2. The van der Waals surface area contributed by atoms with E-state index in [9.17, 15) is 9.59 Å². The van der Waals surface area contributed by atoms with Gasteiger partial charge in [0.05, 0.1) is 0 Å². The highest BCUT2D eigenvalue weighted by Crippen LogP contribution is 2.13. The molecule has 1 saturated heterocycles. The summed E-state index contributed by atoms with van der Waals surface area (Å²) < 4.78 is 1.53. The maximum Gasteiger partial charge on any atom is 0.317 e. The zero-order chi connectivity index (χ0) is 18.7. The number of carbonyl (C=O) groups excluding carboxylic acids is 1. The van der Waals surface area contributed by atoms with Crippen molar-refractivity contribution in [2.24, 2.45) is 13.0 Å². The molecule has 2 amide bonds. The Bertz CT molecular complexity index is 839. The minimum absolute atomic E-state index is 0.0335. The predicted octanol–water partition coefficient (Wildman–Crippen LogP) is 1.21. The van der Waals surface area contributed by atoms with Crippen LogP contribution in [-0.4, -0.2) is 58.2 Å². The van der Waals surface area contributed by atoms with Gasteiger partial charge in [0.2, 0.25) is 0 Å². The smallest absolute Gasteiger partial charge is 0.317 e. The van der Waals surface area contributed by atoms with E-state index < -0.39 is 0 Å². The first-order valence-corrected chi connectivity index (χ1v) is 9.07. The van der Waals surface area contributed by atoms with Crippen molar-refractivity contribution in [2.75, 3.05) is 37.6 Å². The molecule has 0 bridgehead atoms. The lowest BCUT2D eigenvalue weighted by Gasteiger charge is -2.35. The molecule has 8 nitrogen and oxygen atoms in total. The van der Waals surface area contributed by atoms with Crippen molar-refractivity contribution >= 4 is 23.0 Å². The highest BCUT2D eigenvalue weighted by molar-refractivity contribution is 5.75. The summed E-state index contributed by atoms with van der Waals surface area (Å²) in [7, 11) is 1.71. The molecule has 1 aliphatic rings. The summed E-state index contributed by atoms with van der Waals surface area (Å²) in [6, 6.07) is 3.63. The largest absolute Gasteiger partial charge is 0.348 e. The van der Waals surface area contributed by atoms with Crippen molar-refractivity contribution in [2.45, 2.75) is 20.3 Å². The first kappa shape index (κ1) is 18.2. The van der Waals surface area contributed by atoms with Crippen LogP contribution >= 0.6 is 0 Å². The summed E-state index contributed by atoms with van der Waals surface area (Å²) in [5.74, 6) is 0.990. The first-order valence-electron chi connectivity index (χ1n) is 9.07. The first-order chi connectivity index (χ1) is 12.5. The standard InChI is InChI=1S/C18H26N6O2/c1-13(2)6-8-20-18(26)24-11-9-23(10-12-24)16-17(25)22(3)15-14(21-16)5-4-7-19-15/h4-5,7,13H,6,8-12H2,1-3H3,(H,20,26). The van der Waals surface area contributed by atoms with Gasteiger partial charge >= 0.3 is 6.03 Å². The van der Waals surface area contributed by atoms with Gasteiger partial charge in [-0.1, -0.05) is 13.8 Å². The van der Waals surface area contributed by atoms with Gasteiger partial charge in [-0.3, -0.25) is 9.36 Å². The maximum absolute atomic E-state index is 12.6. The topological polar surface area (TPSA) is 83.4 Å². The van der Waals surface area contributed by atoms with E-state index in [1.54, 1.807) is 18.1 Å². The van der Waals surface area contributed by atoms with E-state index in [4.69, 9.17) is 0 Å². The number of aryl methyl sites for hydroxylation is 1. The van der Waals surface area contributed by atoms with Crippen molar-refractivity contribution in [1.82, 2.24) is 24.8 Å². The van der Waals surface area contributed by atoms with Crippen molar-refractivity contribution in [3.63, 3.8) is 0 Å². The fourth-order valence-electron chi connectivity index (χ4n) is 3.05. The number of aromatic nitrogens is 3. The van der Waals surface area contributed by atoms with E-state index in [-0.39, 0.29) is 11.6 Å². The Morgan fingerprint density at radius 2 is 2.00 bits per heavy atom. The number of fused-ring (bicyclic) bond motifs is 1.